The van der Waals surface area contributed by atoms with Gasteiger partial charge in [-0.25, -0.2) is 9.49 Å². The summed E-state index contributed by atoms with van der Waals surface area (Å²) >= 11 is 12.7. The number of H-pyrrole nitrogens is 1. The molecule has 0 fully saturated rings. The fraction of sp³-hybridized carbons (Fsp3) is 0.0588. The molecule has 0 radical (unpaired) electrons. The minimum Gasteiger partial charge on any atom is -0.323 e. The lowest BCUT2D eigenvalue weighted by molar-refractivity contribution is -0.113. The molecule has 2 aromatic carbocycles. The second-order valence-electron chi connectivity index (χ2n) is 5.37. The second kappa shape index (κ2) is 9.05. The molecule has 1 heterocycles. The van der Waals surface area contributed by atoms with Gasteiger partial charge in [-0.3, -0.25) is 14.9 Å². The first-order valence-corrected chi connectivity index (χ1v) is 9.52. The van der Waals surface area contributed by atoms with Gasteiger partial charge in [-0.2, -0.15) is 4.98 Å². The third kappa shape index (κ3) is 5.22. The second-order valence-corrected chi connectivity index (χ2v) is 7.12. The van der Waals surface area contributed by atoms with Gasteiger partial charge in [0.1, 0.15) is 5.82 Å². The van der Waals surface area contributed by atoms with E-state index in [0.29, 0.717) is 10.6 Å². The third-order valence-corrected chi connectivity index (χ3v) is 4.95. The monoisotopic (exact) mass is 439 g/mol. The van der Waals surface area contributed by atoms with E-state index in [9.17, 15) is 14.0 Å². The van der Waals surface area contributed by atoms with Gasteiger partial charge >= 0.3 is 0 Å². The number of hydrogen-bond acceptors (Lipinski definition) is 5. The van der Waals surface area contributed by atoms with Crippen LogP contribution in [0.25, 0.3) is 0 Å². The average Bonchev–Trinajstić information content (AvgIpc) is 3.11. The first kappa shape index (κ1) is 20.1. The molecule has 2 amide bonds. The van der Waals surface area contributed by atoms with E-state index in [1.165, 1.54) is 36.4 Å². The maximum atomic E-state index is 13.5. The van der Waals surface area contributed by atoms with Gasteiger partial charge in [0.15, 0.2) is 0 Å². The van der Waals surface area contributed by atoms with Crippen molar-refractivity contribution in [1.29, 1.82) is 0 Å². The fourth-order valence-electron chi connectivity index (χ4n) is 2.06. The zero-order chi connectivity index (χ0) is 20.1. The minimum atomic E-state index is -0.522. The van der Waals surface area contributed by atoms with Crippen molar-refractivity contribution in [2.24, 2.45) is 0 Å². The van der Waals surface area contributed by atoms with Crippen molar-refractivity contribution in [1.82, 2.24) is 15.2 Å². The first-order valence-electron chi connectivity index (χ1n) is 7.78. The Bertz CT molecular complexity index is 1030. The summed E-state index contributed by atoms with van der Waals surface area (Å²) in [7, 11) is 0. The molecule has 28 heavy (non-hydrogen) atoms. The van der Waals surface area contributed by atoms with Crippen LogP contribution in [0.3, 0.4) is 0 Å². The SMILES string of the molecule is O=C(CSc1n[nH]c(NC(=O)c2ccc(Cl)c(Cl)c2)n1)Nc1ccccc1F. The largest absolute Gasteiger partial charge is 0.323 e. The molecule has 3 N–H and O–H groups in total. The highest BCUT2D eigenvalue weighted by Gasteiger charge is 2.13. The van der Waals surface area contributed by atoms with Crippen molar-refractivity contribution in [2.45, 2.75) is 5.16 Å². The van der Waals surface area contributed by atoms with Gasteiger partial charge in [-0.1, -0.05) is 47.1 Å². The van der Waals surface area contributed by atoms with E-state index in [0.717, 1.165) is 11.8 Å². The van der Waals surface area contributed by atoms with E-state index in [4.69, 9.17) is 23.2 Å². The van der Waals surface area contributed by atoms with Crippen molar-refractivity contribution >= 4 is 58.4 Å². The standard InChI is InChI=1S/C17H12Cl2FN5O2S/c18-10-6-5-9(7-11(10)19)15(27)22-16-23-17(25-24-16)28-8-14(26)21-13-4-2-1-3-12(13)20/h1-7H,8H2,(H,21,26)(H2,22,23,24,25,27). The smallest absolute Gasteiger partial charge is 0.258 e. The highest BCUT2D eigenvalue weighted by atomic mass is 35.5. The summed E-state index contributed by atoms with van der Waals surface area (Å²) in [4.78, 5) is 28.2. The molecule has 144 valence electrons. The predicted octanol–water partition coefficient (Wildman–Crippen LogP) is 4.23. The van der Waals surface area contributed by atoms with Crippen molar-refractivity contribution in [3.63, 3.8) is 0 Å². The zero-order valence-corrected chi connectivity index (χ0v) is 16.3. The van der Waals surface area contributed by atoms with Gasteiger partial charge in [0.05, 0.1) is 21.5 Å². The molecule has 0 unspecified atom stereocenters. The van der Waals surface area contributed by atoms with Crippen LogP contribution in [0, 0.1) is 5.82 Å². The highest BCUT2D eigenvalue weighted by molar-refractivity contribution is 7.99. The van der Waals surface area contributed by atoms with Gasteiger partial charge in [0.2, 0.25) is 17.0 Å². The molecule has 3 rings (SSSR count). The number of para-hydroxylation sites is 1. The molecule has 7 nitrogen and oxygen atoms in total. The Labute approximate surface area is 173 Å². The predicted molar refractivity (Wildman–Crippen MR) is 107 cm³/mol. The van der Waals surface area contributed by atoms with E-state index in [-0.39, 0.29) is 27.6 Å². The van der Waals surface area contributed by atoms with Crippen LogP contribution in [0.4, 0.5) is 16.0 Å². The molecule has 0 saturated carbocycles. The molecule has 0 spiro atoms. The van der Waals surface area contributed by atoms with E-state index < -0.39 is 17.6 Å². The number of halogens is 3. The van der Waals surface area contributed by atoms with Crippen molar-refractivity contribution < 1.29 is 14.0 Å². The lowest BCUT2D eigenvalue weighted by atomic mass is 10.2. The van der Waals surface area contributed by atoms with Crippen molar-refractivity contribution in [3.8, 4) is 0 Å². The van der Waals surface area contributed by atoms with Crippen LogP contribution in [0.1, 0.15) is 10.4 Å². The average molecular weight is 440 g/mol. The van der Waals surface area contributed by atoms with Gasteiger partial charge in [-0.05, 0) is 30.3 Å². The Morgan fingerprint density at radius 1 is 1.11 bits per heavy atom. The van der Waals surface area contributed by atoms with Crippen molar-refractivity contribution in [3.05, 3.63) is 63.9 Å². The number of carbonyl (C=O) groups excluding carboxylic acids is 2. The van der Waals surface area contributed by atoms with Crippen LogP contribution in [-0.4, -0.2) is 32.7 Å². The highest BCUT2D eigenvalue weighted by Crippen LogP contribution is 2.23. The normalized spacial score (nSPS) is 10.5. The van der Waals surface area contributed by atoms with E-state index in [1.807, 2.05) is 0 Å². The number of aromatic nitrogens is 3. The van der Waals surface area contributed by atoms with Crippen LogP contribution >= 0.6 is 35.0 Å². The van der Waals surface area contributed by atoms with Crippen molar-refractivity contribution in [2.75, 3.05) is 16.4 Å². The van der Waals surface area contributed by atoms with E-state index in [1.54, 1.807) is 6.07 Å². The van der Waals surface area contributed by atoms with Crippen LogP contribution in [0.5, 0.6) is 0 Å². The summed E-state index contributed by atoms with van der Waals surface area (Å²) in [6.45, 7) is 0. The molecule has 0 aliphatic carbocycles. The topological polar surface area (TPSA) is 99.8 Å². The number of amides is 2. The Kier molecular flexibility index (Phi) is 6.50. The number of thioether (sulfide) groups is 1. The van der Waals surface area contributed by atoms with Gasteiger partial charge in [0, 0.05) is 5.56 Å². The summed E-state index contributed by atoms with van der Waals surface area (Å²) in [6.07, 6.45) is 0. The molecule has 0 aliphatic heterocycles. The molecule has 1 aromatic heterocycles. The summed E-state index contributed by atoms with van der Waals surface area (Å²) in [5, 5.41) is 12.3. The number of carbonyl (C=O) groups is 2. The van der Waals surface area contributed by atoms with E-state index in [2.05, 4.69) is 25.8 Å². The minimum absolute atomic E-state index is 0.0354. The lowest BCUT2D eigenvalue weighted by Gasteiger charge is -2.04. The Morgan fingerprint density at radius 3 is 2.64 bits per heavy atom. The first-order chi connectivity index (χ1) is 13.4. The maximum absolute atomic E-state index is 13.5. The number of benzene rings is 2. The maximum Gasteiger partial charge on any atom is 0.258 e. The number of anilines is 2. The molecule has 0 saturated heterocycles. The Hall–Kier alpha value is -2.62. The number of nitrogens with zero attached hydrogens (tertiary/aromatic N) is 2. The van der Waals surface area contributed by atoms with Gasteiger partial charge in [0.25, 0.3) is 5.91 Å². The van der Waals surface area contributed by atoms with Crippen LogP contribution in [0.2, 0.25) is 10.0 Å². The number of aromatic amines is 1. The molecule has 0 bridgehead atoms. The molecule has 11 heteroatoms. The van der Waals surface area contributed by atoms with Gasteiger partial charge in [-0.15, -0.1) is 5.10 Å². The summed E-state index contributed by atoms with van der Waals surface area (Å²) in [5.41, 5.74) is 0.391. The molecule has 0 aliphatic rings. The molecular formula is C17H12Cl2FN5O2S. The molecule has 0 atom stereocenters. The Balaban J connectivity index is 1.54. The number of nitrogens with one attached hydrogen (secondary N) is 3. The number of hydrogen-bond donors (Lipinski definition) is 3. The molecular weight excluding hydrogens is 428 g/mol. The number of rotatable bonds is 6. The zero-order valence-electron chi connectivity index (χ0n) is 14.0. The Morgan fingerprint density at radius 2 is 1.89 bits per heavy atom. The van der Waals surface area contributed by atoms with E-state index >= 15 is 0 Å². The quantitative estimate of drug-likeness (QED) is 0.498. The summed E-state index contributed by atoms with van der Waals surface area (Å²) < 4.78 is 13.5. The summed E-state index contributed by atoms with van der Waals surface area (Å²) in [6, 6.07) is 10.3. The van der Waals surface area contributed by atoms with Crippen LogP contribution in [0.15, 0.2) is 47.6 Å². The molecule has 3 aromatic rings. The van der Waals surface area contributed by atoms with Crippen LogP contribution < -0.4 is 10.6 Å². The summed E-state index contributed by atoms with van der Waals surface area (Å²) in [5.74, 6) is -1.32. The van der Waals surface area contributed by atoms with Gasteiger partial charge < -0.3 is 5.32 Å². The lowest BCUT2D eigenvalue weighted by Crippen LogP contribution is -2.15. The third-order valence-electron chi connectivity index (χ3n) is 3.36. The fourth-order valence-corrected chi connectivity index (χ4v) is 2.96. The van der Waals surface area contributed by atoms with Crippen LogP contribution in [-0.2, 0) is 4.79 Å².